The van der Waals surface area contributed by atoms with Gasteiger partial charge >= 0.3 is 5.97 Å². The monoisotopic (exact) mass is 162 g/mol. The van der Waals surface area contributed by atoms with Crippen molar-refractivity contribution in [3.63, 3.8) is 0 Å². The molecule has 0 bridgehead atoms. The van der Waals surface area contributed by atoms with Crippen LogP contribution < -0.4 is 0 Å². The van der Waals surface area contributed by atoms with Crippen LogP contribution >= 0.6 is 7.92 Å². The summed E-state index contributed by atoms with van der Waals surface area (Å²) in [5.41, 5.74) is 0. The maximum atomic E-state index is 10.4. The normalized spacial score (nSPS) is 10.0. The second-order valence-electron chi connectivity index (χ2n) is 2.07. The first kappa shape index (κ1) is 9.90. The molecule has 0 saturated carbocycles. The molecule has 0 spiro atoms. The molecule has 0 aliphatic heterocycles. The molecule has 0 fully saturated rings. The van der Waals surface area contributed by atoms with Crippen LogP contribution in [0.2, 0.25) is 0 Å². The van der Waals surface area contributed by atoms with Crippen molar-refractivity contribution in [1.82, 2.24) is 0 Å². The molecule has 0 saturated heterocycles. The lowest BCUT2D eigenvalue weighted by Gasteiger charge is -2.11. The molecule has 0 aromatic carbocycles. The molecule has 10 heavy (non-hydrogen) atoms. The van der Waals surface area contributed by atoms with Crippen molar-refractivity contribution in [3.05, 3.63) is 0 Å². The zero-order valence-corrected chi connectivity index (χ0v) is 7.78. The Labute approximate surface area is 63.7 Å². The highest BCUT2D eigenvalue weighted by Crippen LogP contribution is 2.33. The zero-order valence-electron chi connectivity index (χ0n) is 6.89. The molecule has 3 heteroatoms. The summed E-state index contributed by atoms with van der Waals surface area (Å²) in [5, 5.41) is 0. The number of ether oxygens (including phenoxy) is 1. The Morgan fingerprint density at radius 1 is 1.40 bits per heavy atom. The number of esters is 1. The standard InChI is InChI=1S/C7H15O2P/c1-4-10(5-2)6-9-7(3)8/h4-6H2,1-3H3. The molecule has 0 aliphatic carbocycles. The predicted octanol–water partition coefficient (Wildman–Crippen LogP) is 2.03. The number of hydrogen-bond acceptors (Lipinski definition) is 2. The molecule has 0 heterocycles. The molecule has 0 atom stereocenters. The van der Waals surface area contributed by atoms with Gasteiger partial charge in [0.2, 0.25) is 0 Å². The second-order valence-corrected chi connectivity index (χ2v) is 4.93. The van der Waals surface area contributed by atoms with Gasteiger partial charge < -0.3 is 4.74 Å². The summed E-state index contributed by atoms with van der Waals surface area (Å²) in [6.45, 7) is 5.73. The third kappa shape index (κ3) is 4.75. The maximum absolute atomic E-state index is 10.4. The van der Waals surface area contributed by atoms with Gasteiger partial charge in [0.25, 0.3) is 0 Å². The van der Waals surface area contributed by atoms with Gasteiger partial charge in [0.15, 0.2) is 0 Å². The Hall–Kier alpha value is -0.100. The van der Waals surface area contributed by atoms with E-state index >= 15 is 0 Å². The minimum Gasteiger partial charge on any atom is -0.461 e. The van der Waals surface area contributed by atoms with Gasteiger partial charge in [-0.1, -0.05) is 21.8 Å². The molecule has 0 amide bonds. The Kier molecular flexibility index (Phi) is 5.61. The van der Waals surface area contributed by atoms with Gasteiger partial charge in [-0.2, -0.15) is 0 Å². The minimum atomic E-state index is -0.158. The van der Waals surface area contributed by atoms with E-state index in [1.165, 1.54) is 6.92 Å². The van der Waals surface area contributed by atoms with E-state index in [1.54, 1.807) is 0 Å². The van der Waals surface area contributed by atoms with Crippen LogP contribution in [-0.2, 0) is 9.53 Å². The summed E-state index contributed by atoms with van der Waals surface area (Å²) in [4.78, 5) is 10.4. The molecule has 0 N–H and O–H groups in total. The van der Waals surface area contributed by atoms with E-state index in [-0.39, 0.29) is 13.9 Å². The van der Waals surface area contributed by atoms with E-state index in [0.29, 0.717) is 6.35 Å². The van der Waals surface area contributed by atoms with Crippen LogP contribution in [0.15, 0.2) is 0 Å². The van der Waals surface area contributed by atoms with Gasteiger partial charge in [-0.3, -0.25) is 4.79 Å². The van der Waals surface area contributed by atoms with Gasteiger partial charge in [0.1, 0.15) is 6.35 Å². The highest BCUT2D eigenvalue weighted by atomic mass is 31.1. The number of rotatable bonds is 4. The van der Waals surface area contributed by atoms with E-state index in [2.05, 4.69) is 13.8 Å². The molecule has 0 aromatic heterocycles. The lowest BCUT2D eigenvalue weighted by molar-refractivity contribution is -0.138. The van der Waals surface area contributed by atoms with Crippen molar-refractivity contribution in [2.45, 2.75) is 20.8 Å². The van der Waals surface area contributed by atoms with E-state index in [0.717, 1.165) is 12.3 Å². The van der Waals surface area contributed by atoms with Crippen molar-refractivity contribution in [2.75, 3.05) is 18.7 Å². The van der Waals surface area contributed by atoms with Gasteiger partial charge in [-0.05, 0) is 12.3 Å². The molecular weight excluding hydrogens is 147 g/mol. The number of carbonyl (C=O) groups excluding carboxylic acids is 1. The maximum Gasteiger partial charge on any atom is 0.302 e. The Morgan fingerprint density at radius 2 is 1.90 bits per heavy atom. The van der Waals surface area contributed by atoms with Crippen molar-refractivity contribution in [1.29, 1.82) is 0 Å². The fourth-order valence-corrected chi connectivity index (χ4v) is 1.77. The highest BCUT2D eigenvalue weighted by molar-refractivity contribution is 7.57. The van der Waals surface area contributed by atoms with Crippen LogP contribution in [0.1, 0.15) is 20.8 Å². The Balaban J connectivity index is 3.34. The first-order valence-electron chi connectivity index (χ1n) is 3.56. The first-order chi connectivity index (χ1) is 4.70. The van der Waals surface area contributed by atoms with Crippen LogP contribution in [0, 0.1) is 0 Å². The lowest BCUT2D eigenvalue weighted by Crippen LogP contribution is -2.01. The average molecular weight is 162 g/mol. The quantitative estimate of drug-likeness (QED) is 0.467. The largest absolute Gasteiger partial charge is 0.461 e. The first-order valence-corrected chi connectivity index (χ1v) is 5.46. The number of hydrogen-bond donors (Lipinski definition) is 0. The molecule has 0 radical (unpaired) electrons. The fraction of sp³-hybridized carbons (Fsp3) is 0.857. The molecule has 0 aliphatic rings. The van der Waals surface area contributed by atoms with Crippen molar-refractivity contribution < 1.29 is 9.53 Å². The highest BCUT2D eigenvalue weighted by Gasteiger charge is 2.02. The van der Waals surface area contributed by atoms with Gasteiger partial charge in [0, 0.05) is 6.92 Å². The summed E-state index contributed by atoms with van der Waals surface area (Å²) in [5.74, 6) is -0.158. The third-order valence-electron chi connectivity index (χ3n) is 1.34. The van der Waals surface area contributed by atoms with Gasteiger partial charge in [-0.15, -0.1) is 0 Å². The predicted molar refractivity (Wildman–Crippen MR) is 44.6 cm³/mol. The van der Waals surface area contributed by atoms with Crippen molar-refractivity contribution in [2.24, 2.45) is 0 Å². The summed E-state index contributed by atoms with van der Waals surface area (Å²) in [6, 6.07) is 0. The molecule has 0 unspecified atom stereocenters. The van der Waals surface area contributed by atoms with E-state index in [4.69, 9.17) is 4.74 Å². The lowest BCUT2D eigenvalue weighted by atomic mass is 10.8. The van der Waals surface area contributed by atoms with E-state index in [1.807, 2.05) is 0 Å². The van der Waals surface area contributed by atoms with Crippen LogP contribution in [0.4, 0.5) is 0 Å². The van der Waals surface area contributed by atoms with Gasteiger partial charge in [0.05, 0.1) is 0 Å². The van der Waals surface area contributed by atoms with Crippen LogP contribution in [-0.4, -0.2) is 24.6 Å². The smallest absolute Gasteiger partial charge is 0.302 e. The zero-order chi connectivity index (χ0) is 7.98. The van der Waals surface area contributed by atoms with E-state index in [9.17, 15) is 4.79 Å². The molecule has 0 rings (SSSR count). The fourth-order valence-electron chi connectivity index (χ4n) is 0.588. The Morgan fingerprint density at radius 3 is 2.20 bits per heavy atom. The number of carbonyl (C=O) groups is 1. The third-order valence-corrected chi connectivity index (χ3v) is 3.63. The second kappa shape index (κ2) is 5.67. The van der Waals surface area contributed by atoms with Gasteiger partial charge in [-0.25, -0.2) is 0 Å². The van der Waals surface area contributed by atoms with Crippen LogP contribution in [0.25, 0.3) is 0 Å². The summed E-state index contributed by atoms with van der Waals surface area (Å²) >= 11 is 0. The molecule has 60 valence electrons. The average Bonchev–Trinajstić information content (AvgIpc) is 1.90. The SMILES string of the molecule is CCP(CC)COC(C)=O. The summed E-state index contributed by atoms with van der Waals surface area (Å²) in [7, 11) is -0.0318. The van der Waals surface area contributed by atoms with Crippen LogP contribution in [0.5, 0.6) is 0 Å². The minimum absolute atomic E-state index is 0.0318. The van der Waals surface area contributed by atoms with Crippen molar-refractivity contribution in [3.8, 4) is 0 Å². The van der Waals surface area contributed by atoms with Crippen LogP contribution in [0.3, 0.4) is 0 Å². The molecular formula is C7H15O2P. The van der Waals surface area contributed by atoms with Crippen molar-refractivity contribution >= 4 is 13.9 Å². The molecule has 2 nitrogen and oxygen atoms in total. The molecule has 0 aromatic rings. The Bertz CT molecular complexity index is 99.8. The summed E-state index contributed by atoms with van der Waals surface area (Å²) in [6.07, 6.45) is 2.95. The van der Waals surface area contributed by atoms with E-state index < -0.39 is 0 Å². The topological polar surface area (TPSA) is 26.3 Å². The summed E-state index contributed by atoms with van der Waals surface area (Å²) < 4.78 is 4.88.